The van der Waals surface area contributed by atoms with Gasteiger partial charge in [-0.1, -0.05) is 29.8 Å². The number of nitrogens with zero attached hydrogens (tertiary/aromatic N) is 1. The molecule has 2 aliphatic rings. The van der Waals surface area contributed by atoms with Gasteiger partial charge >= 0.3 is 5.97 Å². The van der Waals surface area contributed by atoms with Gasteiger partial charge in [-0.3, -0.25) is 4.79 Å². The van der Waals surface area contributed by atoms with Crippen molar-refractivity contribution < 1.29 is 14.3 Å². The molecule has 3 atom stereocenters. The second-order valence-corrected chi connectivity index (χ2v) is 6.06. The van der Waals surface area contributed by atoms with Crippen LogP contribution in [-0.4, -0.2) is 36.0 Å². The number of ether oxygens (including phenoxy) is 1. The van der Waals surface area contributed by atoms with Crippen molar-refractivity contribution in [2.45, 2.75) is 50.6 Å². The highest BCUT2D eigenvalue weighted by atomic mass is 16.5. The van der Waals surface area contributed by atoms with Gasteiger partial charge in [0.05, 0.1) is 13.0 Å². The van der Waals surface area contributed by atoms with Crippen LogP contribution in [0.25, 0.3) is 0 Å². The summed E-state index contributed by atoms with van der Waals surface area (Å²) in [6.07, 6.45) is 3.48. The van der Waals surface area contributed by atoms with Crippen LogP contribution >= 0.6 is 0 Å². The number of aryl methyl sites for hydroxylation is 1. The predicted octanol–water partition coefficient (Wildman–Crippen LogP) is 2.41. The van der Waals surface area contributed by atoms with E-state index in [2.05, 4.69) is 0 Å². The van der Waals surface area contributed by atoms with Crippen LogP contribution in [0, 0.1) is 6.92 Å². The molecule has 0 aromatic heterocycles. The SMILES string of the molecule is COC(=O)[C@@H]1CC[C@@H]2CC[C@H](c3ccc(C)cc3)C(=O)N21. The Bertz CT molecular complexity index is 552. The van der Waals surface area contributed by atoms with E-state index in [1.54, 1.807) is 4.90 Å². The zero-order chi connectivity index (χ0) is 15.0. The first-order chi connectivity index (χ1) is 10.1. The molecule has 0 bridgehead atoms. The summed E-state index contributed by atoms with van der Waals surface area (Å²) in [5.41, 5.74) is 2.24. The van der Waals surface area contributed by atoms with E-state index in [-0.39, 0.29) is 29.9 Å². The fourth-order valence-electron chi connectivity index (χ4n) is 3.64. The van der Waals surface area contributed by atoms with Crippen molar-refractivity contribution in [2.75, 3.05) is 7.11 Å². The minimum Gasteiger partial charge on any atom is -0.467 e. The summed E-state index contributed by atoms with van der Waals surface area (Å²) >= 11 is 0. The van der Waals surface area contributed by atoms with Gasteiger partial charge in [-0.05, 0) is 38.2 Å². The molecule has 0 spiro atoms. The molecule has 0 saturated carbocycles. The molecule has 0 N–H and O–H groups in total. The molecule has 2 aliphatic heterocycles. The Hall–Kier alpha value is -1.84. The molecule has 0 unspecified atom stereocenters. The van der Waals surface area contributed by atoms with Gasteiger partial charge in [0.1, 0.15) is 6.04 Å². The molecular weight excluding hydrogens is 266 g/mol. The molecular formula is C17H21NO3. The lowest BCUT2D eigenvalue weighted by molar-refractivity contribution is -0.154. The standard InChI is InChI=1S/C17H21NO3/c1-11-3-5-12(6-4-11)14-9-7-13-8-10-15(17(20)21-2)18(13)16(14)19/h3-6,13-15H,7-10H2,1-2H3/t13-,14+,15-/m0/s1. The number of benzene rings is 1. The highest BCUT2D eigenvalue weighted by Gasteiger charge is 2.46. The summed E-state index contributed by atoms with van der Waals surface area (Å²) in [5, 5.41) is 0. The van der Waals surface area contributed by atoms with E-state index in [1.807, 2.05) is 31.2 Å². The molecule has 112 valence electrons. The van der Waals surface area contributed by atoms with Gasteiger partial charge in [-0.2, -0.15) is 0 Å². The number of piperidine rings is 1. The summed E-state index contributed by atoms with van der Waals surface area (Å²) in [4.78, 5) is 26.5. The quantitative estimate of drug-likeness (QED) is 0.785. The van der Waals surface area contributed by atoms with Crippen molar-refractivity contribution in [3.05, 3.63) is 35.4 Å². The van der Waals surface area contributed by atoms with Crippen LogP contribution in [0.2, 0.25) is 0 Å². The fourth-order valence-corrected chi connectivity index (χ4v) is 3.64. The summed E-state index contributed by atoms with van der Waals surface area (Å²) in [7, 11) is 1.39. The average Bonchev–Trinajstić information content (AvgIpc) is 2.93. The van der Waals surface area contributed by atoms with E-state index < -0.39 is 0 Å². The first-order valence-corrected chi connectivity index (χ1v) is 7.58. The van der Waals surface area contributed by atoms with Gasteiger partial charge in [0.25, 0.3) is 0 Å². The first kappa shape index (κ1) is 14.1. The van der Waals surface area contributed by atoms with Gasteiger partial charge in [0, 0.05) is 6.04 Å². The number of hydrogen-bond donors (Lipinski definition) is 0. The monoisotopic (exact) mass is 287 g/mol. The first-order valence-electron chi connectivity index (χ1n) is 7.58. The topological polar surface area (TPSA) is 46.6 Å². The van der Waals surface area contributed by atoms with E-state index in [1.165, 1.54) is 12.7 Å². The van der Waals surface area contributed by atoms with Crippen LogP contribution < -0.4 is 0 Å². The number of amides is 1. The lowest BCUT2D eigenvalue weighted by Crippen LogP contribution is -2.50. The van der Waals surface area contributed by atoms with Crippen LogP contribution in [0.15, 0.2) is 24.3 Å². The minimum absolute atomic E-state index is 0.0861. The molecule has 3 rings (SSSR count). The summed E-state index contributed by atoms with van der Waals surface area (Å²) in [6, 6.07) is 7.96. The van der Waals surface area contributed by atoms with Crippen molar-refractivity contribution in [1.82, 2.24) is 4.90 Å². The zero-order valence-electron chi connectivity index (χ0n) is 12.5. The number of carbonyl (C=O) groups excluding carboxylic acids is 2. The largest absolute Gasteiger partial charge is 0.467 e. The van der Waals surface area contributed by atoms with Gasteiger partial charge < -0.3 is 9.64 Å². The van der Waals surface area contributed by atoms with E-state index in [9.17, 15) is 9.59 Å². The molecule has 1 aromatic rings. The lowest BCUT2D eigenvalue weighted by atomic mass is 9.86. The highest BCUT2D eigenvalue weighted by Crippen LogP contribution is 2.39. The molecule has 4 nitrogen and oxygen atoms in total. The van der Waals surface area contributed by atoms with Crippen molar-refractivity contribution in [1.29, 1.82) is 0 Å². The van der Waals surface area contributed by atoms with Crippen LogP contribution in [0.3, 0.4) is 0 Å². The Kier molecular flexibility index (Phi) is 3.70. The fraction of sp³-hybridized carbons (Fsp3) is 0.529. The number of rotatable bonds is 2. The third-order valence-electron chi connectivity index (χ3n) is 4.80. The zero-order valence-corrected chi connectivity index (χ0v) is 12.5. The van der Waals surface area contributed by atoms with Crippen molar-refractivity contribution in [3.63, 3.8) is 0 Å². The van der Waals surface area contributed by atoms with Gasteiger partial charge in [0.2, 0.25) is 5.91 Å². The van der Waals surface area contributed by atoms with E-state index in [0.717, 1.165) is 31.2 Å². The molecule has 0 radical (unpaired) electrons. The summed E-state index contributed by atoms with van der Waals surface area (Å²) in [6.45, 7) is 2.04. The van der Waals surface area contributed by atoms with Crippen molar-refractivity contribution in [3.8, 4) is 0 Å². The third kappa shape index (κ3) is 2.43. The number of esters is 1. The molecule has 1 amide bonds. The Balaban J connectivity index is 1.85. The van der Waals surface area contributed by atoms with Gasteiger partial charge in [-0.15, -0.1) is 0 Å². The smallest absolute Gasteiger partial charge is 0.328 e. The second kappa shape index (κ2) is 5.51. The van der Waals surface area contributed by atoms with Crippen LogP contribution in [0.4, 0.5) is 0 Å². The third-order valence-corrected chi connectivity index (χ3v) is 4.80. The second-order valence-electron chi connectivity index (χ2n) is 6.06. The Labute approximate surface area is 125 Å². The van der Waals surface area contributed by atoms with Crippen LogP contribution in [-0.2, 0) is 14.3 Å². The maximum Gasteiger partial charge on any atom is 0.328 e. The Morgan fingerprint density at radius 1 is 1.14 bits per heavy atom. The number of carbonyl (C=O) groups is 2. The molecule has 2 fully saturated rings. The van der Waals surface area contributed by atoms with E-state index in [4.69, 9.17) is 4.74 Å². The van der Waals surface area contributed by atoms with Crippen molar-refractivity contribution >= 4 is 11.9 Å². The van der Waals surface area contributed by atoms with Crippen LogP contribution in [0.1, 0.15) is 42.7 Å². The number of hydrogen-bond acceptors (Lipinski definition) is 3. The maximum atomic E-state index is 12.8. The molecule has 2 saturated heterocycles. The van der Waals surface area contributed by atoms with Gasteiger partial charge in [-0.25, -0.2) is 4.79 Å². The van der Waals surface area contributed by atoms with Crippen molar-refractivity contribution in [2.24, 2.45) is 0 Å². The Morgan fingerprint density at radius 3 is 2.48 bits per heavy atom. The number of methoxy groups -OCH3 is 1. The normalized spacial score (nSPS) is 28.4. The maximum absolute atomic E-state index is 12.8. The Morgan fingerprint density at radius 2 is 1.81 bits per heavy atom. The summed E-state index contributed by atoms with van der Waals surface area (Å²) < 4.78 is 4.86. The predicted molar refractivity (Wildman–Crippen MR) is 78.8 cm³/mol. The molecule has 2 heterocycles. The van der Waals surface area contributed by atoms with Gasteiger partial charge in [0.15, 0.2) is 0 Å². The highest BCUT2D eigenvalue weighted by molar-refractivity contribution is 5.90. The minimum atomic E-state index is -0.388. The van der Waals surface area contributed by atoms with E-state index in [0.29, 0.717) is 0 Å². The summed E-state index contributed by atoms with van der Waals surface area (Å²) in [5.74, 6) is -0.314. The molecule has 4 heteroatoms. The molecule has 21 heavy (non-hydrogen) atoms. The number of fused-ring (bicyclic) bond motifs is 1. The molecule has 1 aromatic carbocycles. The van der Waals surface area contributed by atoms with E-state index >= 15 is 0 Å². The average molecular weight is 287 g/mol. The molecule has 0 aliphatic carbocycles. The van der Waals surface area contributed by atoms with Crippen LogP contribution in [0.5, 0.6) is 0 Å². The lowest BCUT2D eigenvalue weighted by Gasteiger charge is -2.37.